The molecule has 3 aromatic rings. The fourth-order valence-corrected chi connectivity index (χ4v) is 3.94. The van der Waals surface area contributed by atoms with Crippen LogP contribution < -0.4 is 15.4 Å². The minimum Gasteiger partial charge on any atom is -0.491 e. The molecule has 0 saturated carbocycles. The van der Waals surface area contributed by atoms with Crippen LogP contribution in [0, 0.1) is 6.92 Å². The number of hydrogen-bond donors (Lipinski definition) is 3. The standard InChI is InChI=1S/C26H29N5O4/c1-18-7-8-22-21(16-18)25(33)30-11-14-31(13-3-6-23(32)27-12-15-35-22)26(34)20-5-2-4-19(17-20)24-28-9-10-29-24/h2,4-5,7-10,16-17H,3,6,11-15H2,1H3,(H,27,32)(H,28,29)(H,30,33). The van der Waals surface area contributed by atoms with Gasteiger partial charge in [0.1, 0.15) is 18.2 Å². The van der Waals surface area contributed by atoms with Crippen LogP contribution in [0.3, 0.4) is 0 Å². The summed E-state index contributed by atoms with van der Waals surface area (Å²) in [4.78, 5) is 47.5. The molecule has 0 aliphatic carbocycles. The summed E-state index contributed by atoms with van der Waals surface area (Å²) in [6.45, 7) is 3.45. The first-order valence-corrected chi connectivity index (χ1v) is 11.7. The van der Waals surface area contributed by atoms with Gasteiger partial charge in [-0.2, -0.15) is 0 Å². The van der Waals surface area contributed by atoms with Crippen LogP contribution in [-0.4, -0.2) is 65.4 Å². The van der Waals surface area contributed by atoms with E-state index in [1.807, 2.05) is 25.1 Å². The fourth-order valence-electron chi connectivity index (χ4n) is 3.94. The number of benzene rings is 2. The second-order valence-corrected chi connectivity index (χ2v) is 8.37. The molecule has 35 heavy (non-hydrogen) atoms. The van der Waals surface area contributed by atoms with Crippen molar-refractivity contribution in [3.05, 3.63) is 71.5 Å². The van der Waals surface area contributed by atoms with Crippen molar-refractivity contribution >= 4 is 17.7 Å². The summed E-state index contributed by atoms with van der Waals surface area (Å²) >= 11 is 0. The van der Waals surface area contributed by atoms with Crippen molar-refractivity contribution in [2.24, 2.45) is 0 Å². The molecule has 0 spiro atoms. The van der Waals surface area contributed by atoms with Crippen molar-refractivity contribution in [2.75, 3.05) is 32.8 Å². The third kappa shape index (κ3) is 6.26. The maximum atomic E-state index is 13.4. The van der Waals surface area contributed by atoms with Crippen molar-refractivity contribution in [3.8, 4) is 17.1 Å². The highest BCUT2D eigenvalue weighted by Crippen LogP contribution is 2.20. The van der Waals surface area contributed by atoms with Crippen LogP contribution in [0.25, 0.3) is 11.4 Å². The number of fused-ring (bicyclic) bond motifs is 1. The Morgan fingerprint density at radius 2 is 1.94 bits per heavy atom. The molecule has 9 nitrogen and oxygen atoms in total. The molecule has 0 bridgehead atoms. The SMILES string of the molecule is Cc1ccc2c(c1)C(=O)NCCN(C(=O)c1cccc(-c3ncc[nH]3)c1)CCCC(=O)NCCO2. The first-order chi connectivity index (χ1) is 17.0. The number of imidazole rings is 1. The minimum atomic E-state index is -0.269. The normalized spacial score (nSPS) is 15.6. The number of hydrogen-bond acceptors (Lipinski definition) is 5. The first-order valence-electron chi connectivity index (χ1n) is 11.7. The summed E-state index contributed by atoms with van der Waals surface area (Å²) in [5.74, 6) is 0.595. The van der Waals surface area contributed by atoms with Gasteiger partial charge in [-0.1, -0.05) is 23.8 Å². The molecule has 2 heterocycles. The number of H-pyrrole nitrogens is 1. The number of nitrogens with one attached hydrogen (secondary N) is 3. The molecule has 0 unspecified atom stereocenters. The van der Waals surface area contributed by atoms with Gasteiger partial charge in [0.05, 0.1) is 12.1 Å². The van der Waals surface area contributed by atoms with E-state index in [0.29, 0.717) is 55.2 Å². The second-order valence-electron chi connectivity index (χ2n) is 8.37. The highest BCUT2D eigenvalue weighted by molar-refractivity contribution is 5.97. The van der Waals surface area contributed by atoms with Crippen molar-refractivity contribution in [2.45, 2.75) is 19.8 Å². The lowest BCUT2D eigenvalue weighted by Crippen LogP contribution is -2.39. The average molecular weight is 476 g/mol. The van der Waals surface area contributed by atoms with Crippen LogP contribution >= 0.6 is 0 Å². The number of rotatable bonds is 2. The number of aromatic amines is 1. The summed E-state index contributed by atoms with van der Waals surface area (Å²) < 4.78 is 5.75. The Morgan fingerprint density at radius 1 is 1.06 bits per heavy atom. The zero-order valence-electron chi connectivity index (χ0n) is 19.7. The lowest BCUT2D eigenvalue weighted by molar-refractivity contribution is -0.121. The molecule has 2 aromatic carbocycles. The average Bonchev–Trinajstić information content (AvgIpc) is 3.40. The Hall–Kier alpha value is -4.14. The number of nitrogens with zero attached hydrogens (tertiary/aromatic N) is 2. The Labute approximate surface area is 203 Å². The lowest BCUT2D eigenvalue weighted by Gasteiger charge is -2.23. The van der Waals surface area contributed by atoms with E-state index in [9.17, 15) is 14.4 Å². The van der Waals surface area contributed by atoms with Crippen LogP contribution in [-0.2, 0) is 4.79 Å². The van der Waals surface area contributed by atoms with Gasteiger partial charge < -0.3 is 25.3 Å². The maximum Gasteiger partial charge on any atom is 0.255 e. The van der Waals surface area contributed by atoms with Gasteiger partial charge >= 0.3 is 0 Å². The van der Waals surface area contributed by atoms with Gasteiger partial charge in [-0.05, 0) is 37.6 Å². The van der Waals surface area contributed by atoms with Gasteiger partial charge in [-0.3, -0.25) is 14.4 Å². The molecular weight excluding hydrogens is 446 g/mol. The Bertz CT molecular complexity index is 1190. The molecule has 4 rings (SSSR count). The molecule has 0 radical (unpaired) electrons. The van der Waals surface area contributed by atoms with Crippen molar-refractivity contribution in [3.63, 3.8) is 0 Å². The van der Waals surface area contributed by atoms with Crippen LogP contribution in [0.15, 0.2) is 54.9 Å². The molecule has 182 valence electrons. The third-order valence-corrected chi connectivity index (χ3v) is 5.73. The van der Waals surface area contributed by atoms with E-state index in [1.165, 1.54) is 0 Å². The summed E-state index contributed by atoms with van der Waals surface area (Å²) in [6, 6.07) is 12.6. The number of carbonyl (C=O) groups is 3. The fraction of sp³-hybridized carbons (Fsp3) is 0.308. The minimum absolute atomic E-state index is 0.103. The number of carbonyl (C=O) groups excluding carboxylic acids is 3. The number of ether oxygens (including phenoxy) is 1. The molecular formula is C26H29N5O4. The van der Waals surface area contributed by atoms with Crippen LogP contribution in [0.1, 0.15) is 39.1 Å². The van der Waals surface area contributed by atoms with Crippen molar-refractivity contribution in [1.29, 1.82) is 0 Å². The first kappa shape index (κ1) is 24.0. The molecule has 1 aliphatic rings. The van der Waals surface area contributed by atoms with Gasteiger partial charge in [-0.15, -0.1) is 0 Å². The van der Waals surface area contributed by atoms with E-state index >= 15 is 0 Å². The molecule has 0 fully saturated rings. The van der Waals surface area contributed by atoms with E-state index in [1.54, 1.807) is 41.6 Å². The predicted molar refractivity (Wildman–Crippen MR) is 131 cm³/mol. The van der Waals surface area contributed by atoms with Crippen molar-refractivity contribution in [1.82, 2.24) is 25.5 Å². The van der Waals surface area contributed by atoms with E-state index < -0.39 is 0 Å². The Balaban J connectivity index is 1.52. The number of amides is 3. The molecule has 3 N–H and O–H groups in total. The smallest absolute Gasteiger partial charge is 0.255 e. The van der Waals surface area contributed by atoms with Gasteiger partial charge in [0.15, 0.2) is 0 Å². The zero-order valence-corrected chi connectivity index (χ0v) is 19.7. The lowest BCUT2D eigenvalue weighted by atomic mass is 10.1. The predicted octanol–water partition coefficient (Wildman–Crippen LogP) is 2.55. The number of aryl methyl sites for hydroxylation is 1. The number of aromatic nitrogens is 2. The van der Waals surface area contributed by atoms with Gasteiger partial charge in [0.25, 0.3) is 11.8 Å². The third-order valence-electron chi connectivity index (χ3n) is 5.73. The highest BCUT2D eigenvalue weighted by Gasteiger charge is 2.19. The maximum absolute atomic E-state index is 13.4. The van der Waals surface area contributed by atoms with Crippen LogP contribution in [0.2, 0.25) is 0 Å². The molecule has 0 saturated heterocycles. The Morgan fingerprint density at radius 3 is 2.77 bits per heavy atom. The van der Waals surface area contributed by atoms with E-state index in [0.717, 1.165) is 11.1 Å². The van der Waals surface area contributed by atoms with Gasteiger partial charge in [0, 0.05) is 49.6 Å². The van der Waals surface area contributed by atoms with E-state index in [4.69, 9.17) is 4.74 Å². The van der Waals surface area contributed by atoms with E-state index in [-0.39, 0.29) is 30.9 Å². The van der Waals surface area contributed by atoms with Crippen LogP contribution in [0.4, 0.5) is 0 Å². The van der Waals surface area contributed by atoms with Crippen molar-refractivity contribution < 1.29 is 19.1 Å². The summed E-state index contributed by atoms with van der Waals surface area (Å²) in [7, 11) is 0. The molecule has 1 aromatic heterocycles. The van der Waals surface area contributed by atoms with E-state index in [2.05, 4.69) is 20.6 Å². The summed E-state index contributed by atoms with van der Waals surface area (Å²) in [6.07, 6.45) is 4.18. The molecule has 0 atom stereocenters. The van der Waals surface area contributed by atoms with Crippen LogP contribution in [0.5, 0.6) is 5.75 Å². The second kappa shape index (κ2) is 11.3. The monoisotopic (exact) mass is 475 g/mol. The topological polar surface area (TPSA) is 116 Å². The Kier molecular flexibility index (Phi) is 7.77. The summed E-state index contributed by atoms with van der Waals surface area (Å²) in [5, 5.41) is 5.73. The molecule has 3 amide bonds. The molecule has 1 aliphatic heterocycles. The molecule has 9 heteroatoms. The zero-order chi connectivity index (χ0) is 24.6. The highest BCUT2D eigenvalue weighted by atomic mass is 16.5. The largest absolute Gasteiger partial charge is 0.491 e. The quantitative estimate of drug-likeness (QED) is 0.527. The summed E-state index contributed by atoms with van der Waals surface area (Å²) in [5.41, 5.74) is 2.68. The van der Waals surface area contributed by atoms with Gasteiger partial charge in [-0.25, -0.2) is 4.98 Å². The van der Waals surface area contributed by atoms with Gasteiger partial charge in [0.2, 0.25) is 5.91 Å².